The van der Waals surface area contributed by atoms with Crippen LogP contribution in [0.5, 0.6) is 0 Å². The van der Waals surface area contributed by atoms with Crippen LogP contribution in [0, 0.1) is 0 Å². The number of para-hydroxylation sites is 1. The van der Waals surface area contributed by atoms with Gasteiger partial charge in [-0.3, -0.25) is 9.69 Å². The molecule has 7 nitrogen and oxygen atoms in total. The monoisotopic (exact) mass is 388 g/mol. The van der Waals surface area contributed by atoms with Crippen molar-refractivity contribution in [3.8, 4) is 0 Å². The number of nitrogens with one attached hydrogen (secondary N) is 2. The number of amides is 1. The highest BCUT2D eigenvalue weighted by atomic mass is 16.2. The summed E-state index contributed by atoms with van der Waals surface area (Å²) >= 11 is 0. The summed E-state index contributed by atoms with van der Waals surface area (Å²) < 4.78 is 0. The van der Waals surface area contributed by atoms with E-state index in [1.807, 2.05) is 6.92 Å². The molecule has 1 aliphatic rings. The van der Waals surface area contributed by atoms with E-state index in [-0.39, 0.29) is 12.5 Å². The molecule has 2 rings (SSSR count). The first kappa shape index (κ1) is 22.0. The van der Waals surface area contributed by atoms with Gasteiger partial charge in [0.05, 0.1) is 0 Å². The third-order valence-corrected chi connectivity index (χ3v) is 4.90. The number of piperazine rings is 1. The fourth-order valence-corrected chi connectivity index (χ4v) is 3.17. The lowest BCUT2D eigenvalue weighted by atomic mass is 10.2. The van der Waals surface area contributed by atoms with Crippen LogP contribution in [-0.4, -0.2) is 88.1 Å². The summed E-state index contributed by atoms with van der Waals surface area (Å²) in [5, 5.41) is 6.51. The fraction of sp³-hybridized carbons (Fsp3) is 0.619. The lowest BCUT2D eigenvalue weighted by molar-refractivity contribution is -0.127. The van der Waals surface area contributed by atoms with Crippen LogP contribution in [-0.2, 0) is 4.79 Å². The van der Waals surface area contributed by atoms with Crippen LogP contribution in [0.4, 0.5) is 5.69 Å². The van der Waals surface area contributed by atoms with Crippen LogP contribution >= 0.6 is 0 Å². The fourth-order valence-electron chi connectivity index (χ4n) is 3.17. The zero-order valence-corrected chi connectivity index (χ0v) is 17.7. The number of anilines is 1. The second-order valence-electron chi connectivity index (χ2n) is 7.28. The molecule has 0 aromatic heterocycles. The highest BCUT2D eigenvalue weighted by molar-refractivity contribution is 5.84. The number of aliphatic imine (C=N–C) groups is 1. The number of nitrogens with zero attached hydrogens (tertiary/aromatic N) is 4. The molecule has 0 unspecified atom stereocenters. The van der Waals surface area contributed by atoms with Crippen molar-refractivity contribution in [3.05, 3.63) is 30.3 Å². The standard InChI is InChI=1S/C21H36N6O/c1-4-22-21(24-18-20(28)25(2)3)23-12-8-9-13-26-14-16-27(17-15-26)19-10-6-5-7-11-19/h5-7,10-11H,4,8-9,12-18H2,1-3H3,(H2,22,23,24). The maximum Gasteiger partial charge on any atom is 0.243 e. The summed E-state index contributed by atoms with van der Waals surface area (Å²) in [6, 6.07) is 10.7. The van der Waals surface area contributed by atoms with Crippen molar-refractivity contribution in [2.45, 2.75) is 19.8 Å². The Kier molecular flexibility index (Phi) is 9.62. The van der Waals surface area contributed by atoms with E-state index in [1.165, 1.54) is 5.69 Å². The Bertz CT molecular complexity index is 596. The van der Waals surface area contributed by atoms with Crippen molar-refractivity contribution in [1.29, 1.82) is 0 Å². The van der Waals surface area contributed by atoms with Gasteiger partial charge in [-0.2, -0.15) is 0 Å². The van der Waals surface area contributed by atoms with Gasteiger partial charge >= 0.3 is 0 Å². The maximum absolute atomic E-state index is 11.7. The molecule has 1 aliphatic heterocycles. The number of hydrogen-bond acceptors (Lipinski definition) is 4. The smallest absolute Gasteiger partial charge is 0.243 e. The first-order chi connectivity index (χ1) is 13.6. The number of carbonyl (C=O) groups excluding carboxylic acids is 1. The number of likely N-dealkylation sites (N-methyl/N-ethyl adjacent to an activating group) is 1. The predicted molar refractivity (Wildman–Crippen MR) is 117 cm³/mol. The summed E-state index contributed by atoms with van der Waals surface area (Å²) in [4.78, 5) is 22.6. The summed E-state index contributed by atoms with van der Waals surface area (Å²) in [6.45, 7) is 9.43. The molecule has 2 N–H and O–H groups in total. The first-order valence-electron chi connectivity index (χ1n) is 10.3. The summed E-state index contributed by atoms with van der Waals surface area (Å²) in [6.07, 6.45) is 2.25. The van der Waals surface area contributed by atoms with Crippen molar-refractivity contribution in [3.63, 3.8) is 0 Å². The minimum atomic E-state index is 0.00634. The first-order valence-corrected chi connectivity index (χ1v) is 10.3. The lowest BCUT2D eigenvalue weighted by Crippen LogP contribution is -2.46. The molecule has 0 spiro atoms. The Morgan fingerprint density at radius 1 is 1.07 bits per heavy atom. The van der Waals surface area contributed by atoms with Gasteiger partial charge < -0.3 is 20.4 Å². The minimum Gasteiger partial charge on any atom is -0.369 e. The number of rotatable bonds is 9. The van der Waals surface area contributed by atoms with E-state index in [4.69, 9.17) is 0 Å². The third-order valence-electron chi connectivity index (χ3n) is 4.90. The van der Waals surface area contributed by atoms with Crippen molar-refractivity contribution in [2.75, 3.05) is 71.4 Å². The Morgan fingerprint density at radius 2 is 1.79 bits per heavy atom. The zero-order valence-electron chi connectivity index (χ0n) is 17.7. The van der Waals surface area contributed by atoms with E-state index in [0.29, 0.717) is 5.96 Å². The minimum absolute atomic E-state index is 0.00634. The Morgan fingerprint density at radius 3 is 2.43 bits per heavy atom. The van der Waals surface area contributed by atoms with Gasteiger partial charge in [0, 0.05) is 59.1 Å². The Balaban J connectivity index is 1.60. The second kappa shape index (κ2) is 12.2. The van der Waals surface area contributed by atoms with Gasteiger partial charge in [0.25, 0.3) is 0 Å². The highest BCUT2D eigenvalue weighted by Gasteiger charge is 2.16. The van der Waals surface area contributed by atoms with Crippen molar-refractivity contribution >= 4 is 17.6 Å². The maximum atomic E-state index is 11.7. The van der Waals surface area contributed by atoms with E-state index >= 15 is 0 Å². The second-order valence-corrected chi connectivity index (χ2v) is 7.28. The van der Waals surface area contributed by atoms with Crippen LogP contribution in [0.15, 0.2) is 35.3 Å². The van der Waals surface area contributed by atoms with Crippen molar-refractivity contribution in [1.82, 2.24) is 20.4 Å². The molecule has 0 radical (unpaired) electrons. The third kappa shape index (κ3) is 7.76. The van der Waals surface area contributed by atoms with Crippen LogP contribution in [0.3, 0.4) is 0 Å². The Labute approximate surface area is 169 Å². The number of carbonyl (C=O) groups is 1. The van der Waals surface area contributed by atoms with Crippen molar-refractivity contribution in [2.24, 2.45) is 4.99 Å². The molecular formula is C21H36N6O. The topological polar surface area (TPSA) is 63.2 Å². The van der Waals surface area contributed by atoms with E-state index in [2.05, 4.69) is 55.8 Å². The average Bonchev–Trinajstić information content (AvgIpc) is 2.72. The number of hydrogen-bond donors (Lipinski definition) is 2. The van der Waals surface area contributed by atoms with Crippen LogP contribution in [0.25, 0.3) is 0 Å². The molecule has 28 heavy (non-hydrogen) atoms. The number of benzene rings is 1. The van der Waals surface area contributed by atoms with E-state index in [1.54, 1.807) is 19.0 Å². The number of guanidine groups is 1. The van der Waals surface area contributed by atoms with Gasteiger partial charge in [0.1, 0.15) is 6.54 Å². The molecule has 1 saturated heterocycles. The van der Waals surface area contributed by atoms with Gasteiger partial charge in [-0.05, 0) is 38.4 Å². The average molecular weight is 389 g/mol. The normalized spacial score (nSPS) is 15.4. The van der Waals surface area contributed by atoms with Gasteiger partial charge in [-0.25, -0.2) is 4.99 Å². The molecule has 1 heterocycles. The lowest BCUT2D eigenvalue weighted by Gasteiger charge is -2.36. The Hall–Kier alpha value is -2.28. The van der Waals surface area contributed by atoms with Crippen LogP contribution < -0.4 is 15.5 Å². The van der Waals surface area contributed by atoms with Gasteiger partial charge in [0.2, 0.25) is 5.91 Å². The molecule has 0 bridgehead atoms. The molecular weight excluding hydrogens is 352 g/mol. The van der Waals surface area contributed by atoms with Crippen LogP contribution in [0.2, 0.25) is 0 Å². The molecule has 0 atom stereocenters. The summed E-state index contributed by atoms with van der Waals surface area (Å²) in [5.41, 5.74) is 1.33. The molecule has 1 fully saturated rings. The van der Waals surface area contributed by atoms with Gasteiger partial charge in [-0.1, -0.05) is 18.2 Å². The van der Waals surface area contributed by atoms with Crippen LogP contribution in [0.1, 0.15) is 19.8 Å². The summed E-state index contributed by atoms with van der Waals surface area (Å²) in [5.74, 6) is 0.723. The van der Waals surface area contributed by atoms with E-state index in [9.17, 15) is 4.79 Å². The molecule has 7 heteroatoms. The van der Waals surface area contributed by atoms with Gasteiger partial charge in [-0.15, -0.1) is 0 Å². The largest absolute Gasteiger partial charge is 0.369 e. The number of unbranched alkanes of at least 4 members (excludes halogenated alkanes) is 1. The highest BCUT2D eigenvalue weighted by Crippen LogP contribution is 2.15. The zero-order chi connectivity index (χ0) is 20.2. The van der Waals surface area contributed by atoms with E-state index in [0.717, 1.165) is 58.7 Å². The van der Waals surface area contributed by atoms with E-state index < -0.39 is 0 Å². The predicted octanol–water partition coefficient (Wildman–Crippen LogP) is 1.23. The molecule has 0 aliphatic carbocycles. The molecule has 0 saturated carbocycles. The quantitative estimate of drug-likeness (QED) is 0.379. The van der Waals surface area contributed by atoms with Gasteiger partial charge in [0.15, 0.2) is 5.96 Å². The van der Waals surface area contributed by atoms with Crippen molar-refractivity contribution < 1.29 is 4.79 Å². The molecule has 1 aromatic carbocycles. The molecule has 156 valence electrons. The molecule has 1 amide bonds. The SMILES string of the molecule is CCNC(=NCC(=O)N(C)C)NCCCCN1CCN(c2ccccc2)CC1. The summed E-state index contributed by atoms with van der Waals surface area (Å²) in [7, 11) is 3.50. The molecule has 1 aromatic rings.